The third-order valence-corrected chi connectivity index (χ3v) is 3.09. The van der Waals surface area contributed by atoms with Crippen molar-refractivity contribution in [1.29, 1.82) is 0 Å². The lowest BCUT2D eigenvalue weighted by atomic mass is 10.4. The molecule has 6 heteroatoms. The van der Waals surface area contributed by atoms with Crippen molar-refractivity contribution in [3.8, 4) is 0 Å². The fourth-order valence-corrected chi connectivity index (χ4v) is 2.06. The number of nitrogens with zero attached hydrogens (tertiary/aromatic N) is 1. The van der Waals surface area contributed by atoms with Gasteiger partial charge < -0.3 is 9.88 Å². The number of carbonyl (C=O) groups is 1. The molecule has 0 aliphatic rings. The number of nitrogens with one attached hydrogen (secondary N) is 1. The molecular weight excluding hydrogens is 280 g/mol. The van der Waals surface area contributed by atoms with Crippen LogP contribution < -0.4 is 5.32 Å². The van der Waals surface area contributed by atoms with E-state index in [9.17, 15) is 9.00 Å². The molecule has 0 fully saturated rings. The molecule has 0 bridgehead atoms. The standard InChI is InChI=1S/C9H13BrN2O2S/c1-12-6-7(10)5-8(12)9(13)11-3-4-15(2)14/h5-6H,3-4H2,1-2H3,(H,11,13). The molecule has 15 heavy (non-hydrogen) atoms. The summed E-state index contributed by atoms with van der Waals surface area (Å²) < 4.78 is 13.4. The second-order valence-electron chi connectivity index (χ2n) is 3.19. The number of carbonyl (C=O) groups excluding carboxylic acids is 1. The normalized spacial score (nSPS) is 12.5. The molecule has 1 aromatic heterocycles. The van der Waals surface area contributed by atoms with Gasteiger partial charge in [-0.25, -0.2) is 0 Å². The molecule has 0 saturated carbocycles. The third-order valence-electron chi connectivity index (χ3n) is 1.88. The number of aryl methyl sites for hydroxylation is 1. The largest absolute Gasteiger partial charge is 0.350 e. The first kappa shape index (κ1) is 12.4. The van der Waals surface area contributed by atoms with E-state index in [1.807, 2.05) is 6.20 Å². The van der Waals surface area contributed by atoms with Crippen molar-refractivity contribution in [3.05, 3.63) is 22.4 Å². The minimum atomic E-state index is -0.869. The molecule has 0 aromatic carbocycles. The second kappa shape index (κ2) is 5.46. The quantitative estimate of drug-likeness (QED) is 0.896. The van der Waals surface area contributed by atoms with Crippen LogP contribution in [0.25, 0.3) is 0 Å². The first-order valence-electron chi connectivity index (χ1n) is 4.41. The van der Waals surface area contributed by atoms with Crippen LogP contribution in [0.4, 0.5) is 0 Å². The summed E-state index contributed by atoms with van der Waals surface area (Å²) in [6.07, 6.45) is 3.43. The van der Waals surface area contributed by atoms with E-state index >= 15 is 0 Å². The monoisotopic (exact) mass is 292 g/mol. The van der Waals surface area contributed by atoms with Gasteiger partial charge in [0, 0.05) is 47.1 Å². The number of rotatable bonds is 4. The van der Waals surface area contributed by atoms with E-state index in [1.165, 1.54) is 0 Å². The summed E-state index contributed by atoms with van der Waals surface area (Å²) in [4.78, 5) is 11.6. The summed E-state index contributed by atoms with van der Waals surface area (Å²) >= 11 is 3.29. The van der Waals surface area contributed by atoms with Gasteiger partial charge in [-0.1, -0.05) is 0 Å². The van der Waals surface area contributed by atoms with Gasteiger partial charge in [-0.3, -0.25) is 9.00 Å². The molecular formula is C9H13BrN2O2S. The highest BCUT2D eigenvalue weighted by atomic mass is 79.9. The summed E-state index contributed by atoms with van der Waals surface area (Å²) in [7, 11) is 0.934. The molecule has 0 spiro atoms. The molecule has 84 valence electrons. The second-order valence-corrected chi connectivity index (χ2v) is 5.66. The van der Waals surface area contributed by atoms with E-state index in [0.717, 1.165) is 4.47 Å². The highest BCUT2D eigenvalue weighted by Gasteiger charge is 2.09. The van der Waals surface area contributed by atoms with Crippen molar-refractivity contribution in [2.75, 3.05) is 18.6 Å². The first-order chi connectivity index (χ1) is 7.00. The molecule has 0 aliphatic heterocycles. The van der Waals surface area contributed by atoms with Gasteiger partial charge in [-0.05, 0) is 22.0 Å². The van der Waals surface area contributed by atoms with E-state index < -0.39 is 10.8 Å². The molecule has 1 unspecified atom stereocenters. The summed E-state index contributed by atoms with van der Waals surface area (Å²) in [6, 6.07) is 1.75. The molecule has 1 heterocycles. The van der Waals surface area contributed by atoms with Gasteiger partial charge in [-0.2, -0.15) is 0 Å². The predicted octanol–water partition coefficient (Wildman–Crippen LogP) is 0.896. The van der Waals surface area contributed by atoms with Gasteiger partial charge in [0.1, 0.15) is 5.69 Å². The zero-order chi connectivity index (χ0) is 11.4. The minimum Gasteiger partial charge on any atom is -0.350 e. The minimum absolute atomic E-state index is 0.145. The van der Waals surface area contributed by atoms with Crippen molar-refractivity contribution in [2.24, 2.45) is 7.05 Å². The first-order valence-corrected chi connectivity index (χ1v) is 6.93. The van der Waals surface area contributed by atoms with Crippen LogP contribution in [0.2, 0.25) is 0 Å². The molecule has 0 radical (unpaired) electrons. The maximum absolute atomic E-state index is 11.6. The van der Waals surface area contributed by atoms with E-state index in [-0.39, 0.29) is 5.91 Å². The number of aromatic nitrogens is 1. The highest BCUT2D eigenvalue weighted by Crippen LogP contribution is 2.13. The smallest absolute Gasteiger partial charge is 0.267 e. The summed E-state index contributed by atoms with van der Waals surface area (Å²) in [5.41, 5.74) is 0.587. The van der Waals surface area contributed by atoms with Gasteiger partial charge >= 0.3 is 0 Å². The van der Waals surface area contributed by atoms with E-state index in [4.69, 9.17) is 0 Å². The van der Waals surface area contributed by atoms with E-state index in [1.54, 1.807) is 23.9 Å². The Labute approximate surface area is 99.6 Å². The molecule has 1 amide bonds. The molecule has 0 aliphatic carbocycles. The Morgan fingerprint density at radius 3 is 2.80 bits per heavy atom. The van der Waals surface area contributed by atoms with Crippen LogP contribution in [-0.4, -0.2) is 33.2 Å². The fraction of sp³-hybridized carbons (Fsp3) is 0.444. The highest BCUT2D eigenvalue weighted by molar-refractivity contribution is 9.10. The summed E-state index contributed by atoms with van der Waals surface area (Å²) in [5, 5.41) is 2.71. The van der Waals surface area contributed by atoms with Gasteiger partial charge in [0.05, 0.1) is 0 Å². The van der Waals surface area contributed by atoms with Crippen molar-refractivity contribution >= 4 is 32.6 Å². The van der Waals surface area contributed by atoms with E-state index in [0.29, 0.717) is 18.0 Å². The Balaban J connectivity index is 2.54. The zero-order valence-electron chi connectivity index (χ0n) is 8.62. The van der Waals surface area contributed by atoms with Crippen LogP contribution in [0.1, 0.15) is 10.5 Å². The number of amides is 1. The molecule has 4 nitrogen and oxygen atoms in total. The van der Waals surface area contributed by atoms with Gasteiger partial charge in [0.15, 0.2) is 0 Å². The van der Waals surface area contributed by atoms with Crippen molar-refractivity contribution < 1.29 is 9.00 Å². The predicted molar refractivity (Wildman–Crippen MR) is 64.4 cm³/mol. The van der Waals surface area contributed by atoms with Gasteiger partial charge in [0.25, 0.3) is 5.91 Å². The zero-order valence-corrected chi connectivity index (χ0v) is 11.0. The Bertz CT molecular complexity index is 389. The van der Waals surface area contributed by atoms with Crippen LogP contribution in [0.3, 0.4) is 0 Å². The lowest BCUT2D eigenvalue weighted by Crippen LogP contribution is -2.28. The lowest BCUT2D eigenvalue weighted by Gasteiger charge is -2.04. The number of hydrogen-bond donors (Lipinski definition) is 1. The van der Waals surface area contributed by atoms with Crippen molar-refractivity contribution in [3.63, 3.8) is 0 Å². The van der Waals surface area contributed by atoms with Crippen LogP contribution in [0.5, 0.6) is 0 Å². The Morgan fingerprint density at radius 1 is 1.67 bits per heavy atom. The molecule has 1 rings (SSSR count). The Hall–Kier alpha value is -0.620. The molecule has 1 aromatic rings. The molecule has 1 atom stereocenters. The fourth-order valence-electron chi connectivity index (χ4n) is 1.15. The molecule has 1 N–H and O–H groups in total. The van der Waals surface area contributed by atoms with Crippen molar-refractivity contribution in [1.82, 2.24) is 9.88 Å². The average Bonchev–Trinajstić information content (AvgIpc) is 2.44. The van der Waals surface area contributed by atoms with Crippen LogP contribution in [0.15, 0.2) is 16.7 Å². The lowest BCUT2D eigenvalue weighted by molar-refractivity contribution is 0.0948. The van der Waals surface area contributed by atoms with Crippen LogP contribution in [-0.2, 0) is 17.8 Å². The van der Waals surface area contributed by atoms with Gasteiger partial charge in [0.2, 0.25) is 0 Å². The third kappa shape index (κ3) is 3.79. The Morgan fingerprint density at radius 2 is 2.33 bits per heavy atom. The van der Waals surface area contributed by atoms with Gasteiger partial charge in [-0.15, -0.1) is 0 Å². The summed E-state index contributed by atoms with van der Waals surface area (Å²) in [6.45, 7) is 0.435. The maximum atomic E-state index is 11.6. The van der Waals surface area contributed by atoms with Crippen molar-refractivity contribution in [2.45, 2.75) is 0 Å². The van der Waals surface area contributed by atoms with E-state index in [2.05, 4.69) is 21.2 Å². The SMILES string of the molecule is Cn1cc(Br)cc1C(=O)NCCS(C)=O. The topological polar surface area (TPSA) is 51.1 Å². The van der Waals surface area contributed by atoms with Crippen LogP contribution >= 0.6 is 15.9 Å². The average molecular weight is 293 g/mol. The number of halogens is 1. The maximum Gasteiger partial charge on any atom is 0.267 e. The molecule has 0 saturated heterocycles. The number of hydrogen-bond acceptors (Lipinski definition) is 2. The summed E-state index contributed by atoms with van der Waals surface area (Å²) in [5.74, 6) is 0.339. The van der Waals surface area contributed by atoms with Crippen LogP contribution in [0, 0.1) is 0 Å². The Kier molecular flexibility index (Phi) is 4.53.